The van der Waals surface area contributed by atoms with Crippen LogP contribution in [0.5, 0.6) is 0 Å². The lowest BCUT2D eigenvalue weighted by Crippen LogP contribution is -2.32. The van der Waals surface area contributed by atoms with Crippen molar-refractivity contribution in [2.45, 2.75) is 18.8 Å². The minimum Gasteiger partial charge on any atom is -0.394 e. The molecule has 106 valence electrons. The molecule has 0 saturated carbocycles. The van der Waals surface area contributed by atoms with E-state index in [9.17, 15) is 14.7 Å². The Labute approximate surface area is 114 Å². The highest BCUT2D eigenvalue weighted by atomic mass is 16.5. The van der Waals surface area contributed by atoms with Gasteiger partial charge in [0, 0.05) is 12.3 Å². The molecule has 0 bridgehead atoms. The number of carbonyl (C=O) groups is 1. The first-order valence-electron chi connectivity index (χ1n) is 5.98. The van der Waals surface area contributed by atoms with Gasteiger partial charge < -0.3 is 20.4 Å². The number of rotatable bonds is 4. The van der Waals surface area contributed by atoms with Gasteiger partial charge in [0.2, 0.25) is 5.95 Å². The number of ether oxygens (including phenoxy) is 1. The van der Waals surface area contributed by atoms with Gasteiger partial charge in [-0.2, -0.15) is 4.98 Å². The van der Waals surface area contributed by atoms with Crippen molar-refractivity contribution in [3.05, 3.63) is 16.8 Å². The number of aliphatic hydroxyl groups is 1. The first-order chi connectivity index (χ1) is 9.62. The fourth-order valence-corrected chi connectivity index (χ4v) is 2.36. The van der Waals surface area contributed by atoms with Crippen molar-refractivity contribution >= 4 is 12.2 Å². The van der Waals surface area contributed by atoms with Crippen LogP contribution in [0.4, 0.5) is 5.95 Å². The quantitative estimate of drug-likeness (QED) is 0.511. The average Bonchev–Trinajstić information content (AvgIpc) is 2.77. The Balaban J connectivity index is 2.38. The lowest BCUT2D eigenvalue weighted by atomic mass is 9.88. The Hall–Kier alpha value is -2.24. The topological polar surface area (TPSA) is 120 Å². The molecule has 0 aromatic carbocycles. The Kier molecular flexibility index (Phi) is 4.12. The summed E-state index contributed by atoms with van der Waals surface area (Å²) in [5.41, 5.74) is 4.64. The van der Waals surface area contributed by atoms with Crippen LogP contribution in [0.3, 0.4) is 0 Å². The standard InChI is InChI=1S/C12H14N4O4/c1-2-3-7-8(4-17)10(20-9(7)5-18)16-6-14-11(13)15-12(16)19/h1,4,6-10,18H,3,5H2,(H2,13,15,19)/t7?,8-,9-,10-/m1/s1. The van der Waals surface area contributed by atoms with Gasteiger partial charge in [0.25, 0.3) is 0 Å². The molecule has 3 N–H and O–H groups in total. The van der Waals surface area contributed by atoms with Crippen LogP contribution < -0.4 is 11.4 Å². The van der Waals surface area contributed by atoms with Crippen molar-refractivity contribution < 1.29 is 14.6 Å². The summed E-state index contributed by atoms with van der Waals surface area (Å²) in [6.07, 6.45) is 5.85. The number of hydrogen-bond acceptors (Lipinski definition) is 7. The molecule has 0 radical (unpaired) electrons. The Bertz CT molecular complexity index is 594. The minimum absolute atomic E-state index is 0.161. The summed E-state index contributed by atoms with van der Waals surface area (Å²) in [6, 6.07) is 0. The number of anilines is 1. The predicted octanol–water partition coefficient (Wildman–Crippen LogP) is -1.44. The summed E-state index contributed by atoms with van der Waals surface area (Å²) < 4.78 is 6.63. The average molecular weight is 278 g/mol. The van der Waals surface area contributed by atoms with Crippen molar-refractivity contribution in [1.29, 1.82) is 0 Å². The highest BCUT2D eigenvalue weighted by molar-refractivity contribution is 5.55. The number of nitrogen functional groups attached to an aromatic ring is 1. The van der Waals surface area contributed by atoms with Gasteiger partial charge in [-0.05, 0) is 0 Å². The van der Waals surface area contributed by atoms with Crippen molar-refractivity contribution in [2.24, 2.45) is 11.8 Å². The molecule has 1 saturated heterocycles. The number of aldehydes is 1. The fraction of sp³-hybridized carbons (Fsp3) is 0.500. The third kappa shape index (κ3) is 2.41. The molecular weight excluding hydrogens is 264 g/mol. The highest BCUT2D eigenvalue weighted by Gasteiger charge is 2.45. The van der Waals surface area contributed by atoms with Gasteiger partial charge in [-0.1, -0.05) is 0 Å². The maximum Gasteiger partial charge on any atom is 0.354 e. The predicted molar refractivity (Wildman–Crippen MR) is 68.2 cm³/mol. The summed E-state index contributed by atoms with van der Waals surface area (Å²) in [6.45, 7) is -0.294. The number of hydrogen-bond donors (Lipinski definition) is 2. The first kappa shape index (κ1) is 14.2. The molecule has 2 heterocycles. The van der Waals surface area contributed by atoms with Crippen LogP contribution in [0.1, 0.15) is 12.6 Å². The zero-order chi connectivity index (χ0) is 14.7. The molecular formula is C12H14N4O4. The largest absolute Gasteiger partial charge is 0.394 e. The van der Waals surface area contributed by atoms with Gasteiger partial charge >= 0.3 is 5.69 Å². The van der Waals surface area contributed by atoms with E-state index >= 15 is 0 Å². The number of aromatic nitrogens is 3. The minimum atomic E-state index is -0.893. The molecule has 0 amide bonds. The first-order valence-corrected chi connectivity index (χ1v) is 5.98. The molecule has 1 aromatic heterocycles. The van der Waals surface area contributed by atoms with Crippen molar-refractivity contribution in [3.8, 4) is 12.3 Å². The number of aliphatic hydroxyl groups excluding tert-OH is 1. The van der Waals surface area contributed by atoms with E-state index in [-0.39, 0.29) is 24.9 Å². The van der Waals surface area contributed by atoms with Crippen LogP contribution in [0.15, 0.2) is 11.1 Å². The van der Waals surface area contributed by atoms with Crippen molar-refractivity contribution in [1.82, 2.24) is 14.5 Å². The molecule has 8 nitrogen and oxygen atoms in total. The lowest BCUT2D eigenvalue weighted by molar-refractivity contribution is -0.115. The monoisotopic (exact) mass is 278 g/mol. The molecule has 1 fully saturated rings. The van der Waals surface area contributed by atoms with E-state index in [1.165, 1.54) is 6.33 Å². The zero-order valence-corrected chi connectivity index (χ0v) is 10.5. The Morgan fingerprint density at radius 2 is 2.40 bits per heavy atom. The zero-order valence-electron chi connectivity index (χ0n) is 10.5. The fourth-order valence-electron chi connectivity index (χ4n) is 2.36. The number of nitrogens with zero attached hydrogens (tertiary/aromatic N) is 3. The second kappa shape index (κ2) is 5.81. The van der Waals surface area contributed by atoms with Crippen LogP contribution in [0.25, 0.3) is 0 Å². The third-order valence-electron chi connectivity index (χ3n) is 3.33. The summed E-state index contributed by atoms with van der Waals surface area (Å²) in [5.74, 6) is 1.26. The van der Waals surface area contributed by atoms with E-state index in [0.29, 0.717) is 6.29 Å². The molecule has 2 rings (SSSR count). The maximum absolute atomic E-state index is 11.8. The van der Waals surface area contributed by atoms with Crippen LogP contribution in [-0.2, 0) is 9.53 Å². The van der Waals surface area contributed by atoms with Gasteiger partial charge in [0.1, 0.15) is 18.8 Å². The SMILES string of the molecule is C#CCC1[C@@H](C=O)[C@H](n2cnc(N)nc2=O)O[C@@H]1CO. The van der Waals surface area contributed by atoms with E-state index in [1.54, 1.807) is 0 Å². The van der Waals surface area contributed by atoms with E-state index < -0.39 is 23.9 Å². The number of nitrogens with two attached hydrogens (primary N) is 1. The number of carbonyl (C=O) groups excluding carboxylic acids is 1. The molecule has 4 atom stereocenters. The van der Waals surface area contributed by atoms with E-state index in [1.807, 2.05) is 0 Å². The number of terminal acetylenes is 1. The summed E-state index contributed by atoms with van der Waals surface area (Å²) >= 11 is 0. The smallest absolute Gasteiger partial charge is 0.354 e. The Morgan fingerprint density at radius 1 is 1.65 bits per heavy atom. The molecule has 1 aliphatic rings. The second-order valence-corrected chi connectivity index (χ2v) is 4.44. The van der Waals surface area contributed by atoms with Gasteiger partial charge in [-0.3, -0.25) is 4.57 Å². The Morgan fingerprint density at radius 3 is 2.95 bits per heavy atom. The van der Waals surface area contributed by atoms with Gasteiger partial charge in [0.15, 0.2) is 0 Å². The van der Waals surface area contributed by atoms with E-state index in [4.69, 9.17) is 16.9 Å². The molecule has 1 aromatic rings. The molecule has 8 heteroatoms. The molecule has 1 unspecified atom stereocenters. The summed E-state index contributed by atoms with van der Waals surface area (Å²) in [4.78, 5) is 30.3. The van der Waals surface area contributed by atoms with Crippen LogP contribution in [-0.4, -0.2) is 38.6 Å². The summed E-state index contributed by atoms with van der Waals surface area (Å²) in [5, 5.41) is 9.31. The van der Waals surface area contributed by atoms with Crippen LogP contribution >= 0.6 is 0 Å². The molecule has 20 heavy (non-hydrogen) atoms. The van der Waals surface area contributed by atoms with Crippen LogP contribution in [0.2, 0.25) is 0 Å². The van der Waals surface area contributed by atoms with E-state index in [0.717, 1.165) is 4.57 Å². The van der Waals surface area contributed by atoms with Crippen molar-refractivity contribution in [3.63, 3.8) is 0 Å². The molecule has 0 aliphatic carbocycles. The van der Waals surface area contributed by atoms with E-state index in [2.05, 4.69) is 15.9 Å². The van der Waals surface area contributed by atoms with Gasteiger partial charge in [-0.25, -0.2) is 9.78 Å². The van der Waals surface area contributed by atoms with Crippen molar-refractivity contribution in [2.75, 3.05) is 12.3 Å². The normalized spacial score (nSPS) is 29.0. The highest BCUT2D eigenvalue weighted by Crippen LogP contribution is 2.38. The molecule has 1 aliphatic heterocycles. The second-order valence-electron chi connectivity index (χ2n) is 4.44. The molecule has 0 spiro atoms. The lowest BCUT2D eigenvalue weighted by Gasteiger charge is -2.17. The van der Waals surface area contributed by atoms with Gasteiger partial charge in [0.05, 0.1) is 18.6 Å². The third-order valence-corrected chi connectivity index (χ3v) is 3.33. The van der Waals surface area contributed by atoms with Gasteiger partial charge in [-0.15, -0.1) is 12.3 Å². The van der Waals surface area contributed by atoms with Crippen LogP contribution in [0, 0.1) is 24.2 Å². The summed E-state index contributed by atoms with van der Waals surface area (Å²) in [7, 11) is 0. The maximum atomic E-state index is 11.8.